The fourth-order valence-corrected chi connectivity index (χ4v) is 2.34. The molecule has 1 aromatic carbocycles. The molecule has 0 bridgehead atoms. The van der Waals surface area contributed by atoms with Crippen LogP contribution in [0.5, 0.6) is 0 Å². The van der Waals surface area contributed by atoms with E-state index >= 15 is 0 Å². The van der Waals surface area contributed by atoms with Crippen molar-refractivity contribution in [3.05, 3.63) is 51.3 Å². The Labute approximate surface area is 116 Å². The van der Waals surface area contributed by atoms with Gasteiger partial charge in [0.1, 0.15) is 0 Å². The lowest BCUT2D eigenvalue weighted by atomic mass is 10.0. The van der Waals surface area contributed by atoms with E-state index in [1.54, 1.807) is 0 Å². The zero-order chi connectivity index (χ0) is 13.3. The number of benzene rings is 1. The van der Waals surface area contributed by atoms with Gasteiger partial charge in [-0.25, -0.2) is 0 Å². The molecule has 2 N–H and O–H groups in total. The van der Waals surface area contributed by atoms with Gasteiger partial charge in [0.15, 0.2) is 0 Å². The molecule has 2 rings (SSSR count). The smallest absolute Gasteiger partial charge is 0.0596 e. The van der Waals surface area contributed by atoms with Gasteiger partial charge in [-0.2, -0.15) is 5.10 Å². The van der Waals surface area contributed by atoms with Gasteiger partial charge in [0.2, 0.25) is 0 Å². The molecule has 0 saturated heterocycles. The van der Waals surface area contributed by atoms with Gasteiger partial charge < -0.3 is 5.73 Å². The minimum Gasteiger partial charge on any atom is -0.324 e. The van der Waals surface area contributed by atoms with Crippen molar-refractivity contribution in [3.63, 3.8) is 0 Å². The third kappa shape index (κ3) is 2.82. The van der Waals surface area contributed by atoms with Gasteiger partial charge in [-0.3, -0.25) is 4.68 Å². The lowest BCUT2D eigenvalue weighted by molar-refractivity contribution is 0.639. The number of nitrogens with zero attached hydrogens (tertiary/aromatic N) is 2. The molecular weight excluding hydrogens is 290 g/mol. The molecule has 0 aliphatic rings. The monoisotopic (exact) mass is 307 g/mol. The summed E-state index contributed by atoms with van der Waals surface area (Å²) in [6.45, 7) is 4.08. The van der Waals surface area contributed by atoms with E-state index < -0.39 is 0 Å². The van der Waals surface area contributed by atoms with Gasteiger partial charge in [-0.15, -0.1) is 0 Å². The quantitative estimate of drug-likeness (QED) is 0.947. The number of halogens is 1. The van der Waals surface area contributed by atoms with E-state index in [0.717, 1.165) is 22.2 Å². The SMILES string of the molecule is Cc1cc(CC(N)c2ccc(Br)c(C)c2)n(C)n1. The van der Waals surface area contributed by atoms with Crippen LogP contribution in [0.1, 0.15) is 28.6 Å². The van der Waals surface area contributed by atoms with Crippen molar-refractivity contribution in [2.45, 2.75) is 26.3 Å². The van der Waals surface area contributed by atoms with E-state index in [2.05, 4.69) is 52.2 Å². The third-order valence-electron chi connectivity index (χ3n) is 3.14. The Balaban J connectivity index is 2.19. The lowest BCUT2D eigenvalue weighted by Gasteiger charge is -2.13. The Kier molecular flexibility index (Phi) is 3.88. The molecule has 0 fully saturated rings. The van der Waals surface area contributed by atoms with Crippen LogP contribution in [0, 0.1) is 13.8 Å². The number of hydrogen-bond donors (Lipinski definition) is 1. The standard InChI is InChI=1S/C14H18BrN3/c1-9-6-11(4-5-13(9)15)14(16)8-12-7-10(2)17-18(12)3/h4-7,14H,8,16H2,1-3H3. The number of aromatic nitrogens is 2. The largest absolute Gasteiger partial charge is 0.324 e. The second kappa shape index (κ2) is 5.24. The van der Waals surface area contributed by atoms with Crippen molar-refractivity contribution in [1.82, 2.24) is 9.78 Å². The zero-order valence-electron chi connectivity index (χ0n) is 10.9. The molecule has 0 saturated carbocycles. The maximum absolute atomic E-state index is 6.27. The molecule has 3 nitrogen and oxygen atoms in total. The highest BCUT2D eigenvalue weighted by Gasteiger charge is 2.11. The van der Waals surface area contributed by atoms with Crippen LogP contribution in [0.2, 0.25) is 0 Å². The molecule has 0 radical (unpaired) electrons. The van der Waals surface area contributed by atoms with Crippen LogP contribution in [-0.2, 0) is 13.5 Å². The second-order valence-electron chi connectivity index (χ2n) is 4.72. The van der Waals surface area contributed by atoms with Gasteiger partial charge in [-0.05, 0) is 37.1 Å². The number of nitrogens with two attached hydrogens (primary N) is 1. The first kappa shape index (κ1) is 13.3. The van der Waals surface area contributed by atoms with E-state index in [4.69, 9.17) is 5.73 Å². The number of aryl methyl sites for hydroxylation is 3. The average molecular weight is 308 g/mol. The minimum absolute atomic E-state index is 0.00611. The fourth-order valence-electron chi connectivity index (χ4n) is 2.10. The van der Waals surface area contributed by atoms with Gasteiger partial charge in [0, 0.05) is 29.7 Å². The molecule has 4 heteroatoms. The van der Waals surface area contributed by atoms with Crippen molar-refractivity contribution in [2.24, 2.45) is 12.8 Å². The number of rotatable bonds is 3. The van der Waals surface area contributed by atoms with Crippen molar-refractivity contribution in [3.8, 4) is 0 Å². The van der Waals surface area contributed by atoms with Gasteiger partial charge in [-0.1, -0.05) is 28.1 Å². The van der Waals surface area contributed by atoms with Gasteiger partial charge >= 0.3 is 0 Å². The van der Waals surface area contributed by atoms with Gasteiger partial charge in [0.25, 0.3) is 0 Å². The highest BCUT2D eigenvalue weighted by atomic mass is 79.9. The maximum Gasteiger partial charge on any atom is 0.0596 e. The van der Waals surface area contributed by atoms with Crippen molar-refractivity contribution >= 4 is 15.9 Å². The van der Waals surface area contributed by atoms with Crippen LogP contribution in [-0.4, -0.2) is 9.78 Å². The first-order valence-electron chi connectivity index (χ1n) is 5.98. The normalized spacial score (nSPS) is 12.7. The minimum atomic E-state index is 0.00611. The van der Waals surface area contributed by atoms with Gasteiger partial charge in [0.05, 0.1) is 5.69 Å². The summed E-state index contributed by atoms with van der Waals surface area (Å²) in [7, 11) is 1.96. The topological polar surface area (TPSA) is 43.8 Å². The average Bonchev–Trinajstić information content (AvgIpc) is 2.61. The molecule has 0 amide bonds. The van der Waals surface area contributed by atoms with Crippen molar-refractivity contribution in [1.29, 1.82) is 0 Å². The van der Waals surface area contributed by atoms with Crippen molar-refractivity contribution in [2.75, 3.05) is 0 Å². The van der Waals surface area contributed by atoms with Crippen LogP contribution in [0.15, 0.2) is 28.7 Å². The van der Waals surface area contributed by atoms with Crippen molar-refractivity contribution < 1.29 is 0 Å². The molecule has 1 aromatic heterocycles. The Hall–Kier alpha value is -1.13. The maximum atomic E-state index is 6.27. The van der Waals surface area contributed by atoms with Crippen LogP contribution in [0.25, 0.3) is 0 Å². The highest BCUT2D eigenvalue weighted by Crippen LogP contribution is 2.22. The van der Waals surface area contributed by atoms with E-state index in [-0.39, 0.29) is 6.04 Å². The third-order valence-corrected chi connectivity index (χ3v) is 4.03. The summed E-state index contributed by atoms with van der Waals surface area (Å²) >= 11 is 3.51. The van der Waals surface area contributed by atoms with E-state index in [1.165, 1.54) is 11.3 Å². The number of hydrogen-bond acceptors (Lipinski definition) is 2. The van der Waals surface area contributed by atoms with Crippen LogP contribution in [0.4, 0.5) is 0 Å². The zero-order valence-corrected chi connectivity index (χ0v) is 12.5. The molecule has 1 unspecified atom stereocenters. The molecule has 1 heterocycles. The second-order valence-corrected chi connectivity index (χ2v) is 5.57. The predicted octanol–water partition coefficient (Wildman–Crippen LogP) is 3.04. The Morgan fingerprint density at radius 3 is 2.61 bits per heavy atom. The van der Waals surface area contributed by atoms with E-state index in [1.807, 2.05) is 18.7 Å². The van der Waals surface area contributed by atoms with E-state index in [9.17, 15) is 0 Å². The molecule has 0 aliphatic carbocycles. The van der Waals surface area contributed by atoms with Crippen LogP contribution in [0.3, 0.4) is 0 Å². The molecular formula is C14H18BrN3. The summed E-state index contributed by atoms with van der Waals surface area (Å²) < 4.78 is 3.02. The molecule has 1 atom stereocenters. The predicted molar refractivity (Wildman–Crippen MR) is 77.5 cm³/mol. The molecule has 0 spiro atoms. The summed E-state index contributed by atoms with van der Waals surface area (Å²) in [5.41, 5.74) is 10.8. The first-order chi connectivity index (χ1) is 8.47. The highest BCUT2D eigenvalue weighted by molar-refractivity contribution is 9.10. The van der Waals surface area contributed by atoms with E-state index in [0.29, 0.717) is 0 Å². The molecule has 2 aromatic rings. The Morgan fingerprint density at radius 2 is 2.06 bits per heavy atom. The molecule has 0 aliphatic heterocycles. The Morgan fingerprint density at radius 1 is 1.33 bits per heavy atom. The summed E-state index contributed by atoms with van der Waals surface area (Å²) in [5.74, 6) is 0. The Bertz CT molecular complexity index is 560. The summed E-state index contributed by atoms with van der Waals surface area (Å²) in [6.07, 6.45) is 0.804. The van der Waals surface area contributed by atoms with Crippen LogP contribution < -0.4 is 5.73 Å². The summed E-state index contributed by atoms with van der Waals surface area (Å²) in [4.78, 5) is 0. The first-order valence-corrected chi connectivity index (χ1v) is 6.78. The summed E-state index contributed by atoms with van der Waals surface area (Å²) in [6, 6.07) is 8.36. The fraction of sp³-hybridized carbons (Fsp3) is 0.357. The molecule has 18 heavy (non-hydrogen) atoms. The summed E-state index contributed by atoms with van der Waals surface area (Å²) in [5, 5.41) is 4.34. The molecule has 96 valence electrons. The van der Waals surface area contributed by atoms with Crippen LogP contribution >= 0.6 is 15.9 Å². The lowest BCUT2D eigenvalue weighted by Crippen LogP contribution is -2.15.